The molecule has 0 saturated carbocycles. The summed E-state index contributed by atoms with van der Waals surface area (Å²) >= 11 is 3.43. The van der Waals surface area contributed by atoms with Crippen molar-refractivity contribution in [1.29, 1.82) is 0 Å². The first kappa shape index (κ1) is 29.8. The molecule has 1 unspecified atom stereocenters. The van der Waals surface area contributed by atoms with Crippen LogP contribution in [0.5, 0.6) is 11.5 Å². The molecule has 0 bridgehead atoms. The lowest BCUT2D eigenvalue weighted by Crippen LogP contribution is -2.38. The molecule has 4 rings (SSSR count). The summed E-state index contributed by atoms with van der Waals surface area (Å²) in [5, 5.41) is 20.3. The van der Waals surface area contributed by atoms with Gasteiger partial charge < -0.3 is 19.7 Å². The van der Waals surface area contributed by atoms with Gasteiger partial charge >= 0.3 is 5.97 Å². The monoisotopic (exact) mass is 609 g/mol. The Bertz CT molecular complexity index is 1320. The Kier molecular flexibility index (Phi) is 9.33. The number of carboxylic acid groups (broad SMARTS) is 1. The van der Waals surface area contributed by atoms with E-state index in [2.05, 4.69) is 15.9 Å². The van der Waals surface area contributed by atoms with E-state index in [0.717, 1.165) is 34.0 Å². The van der Waals surface area contributed by atoms with Crippen molar-refractivity contribution in [2.75, 3.05) is 13.1 Å². The van der Waals surface area contributed by atoms with E-state index >= 15 is 0 Å². The molecular formula is C32H36BrNO6. The van der Waals surface area contributed by atoms with Crippen LogP contribution in [0.2, 0.25) is 0 Å². The first-order valence-electron chi connectivity index (χ1n) is 13.4. The number of carboxylic acids is 1. The SMILES string of the molecule is Cc1cc(CC[C@@H]2CN(C(O)Oc3ccccc3)C[C@H]2C(=O)c2ccc(Br)cc2)cc(C)c1OC(C)(C)C(=O)O. The summed E-state index contributed by atoms with van der Waals surface area (Å²) in [5.74, 6) is -0.120. The van der Waals surface area contributed by atoms with Crippen LogP contribution in [-0.4, -0.2) is 52.0 Å². The van der Waals surface area contributed by atoms with Crippen LogP contribution in [0.3, 0.4) is 0 Å². The number of aliphatic hydroxyl groups is 1. The highest BCUT2D eigenvalue weighted by molar-refractivity contribution is 9.10. The van der Waals surface area contributed by atoms with E-state index in [-0.39, 0.29) is 17.6 Å². The molecule has 3 atom stereocenters. The number of aliphatic carboxylic acids is 1. The van der Waals surface area contributed by atoms with Crippen molar-refractivity contribution in [1.82, 2.24) is 4.90 Å². The van der Waals surface area contributed by atoms with Gasteiger partial charge in [0.2, 0.25) is 0 Å². The Morgan fingerprint density at radius 1 is 1.02 bits per heavy atom. The second-order valence-electron chi connectivity index (χ2n) is 11.0. The van der Waals surface area contributed by atoms with Crippen molar-refractivity contribution in [3.05, 3.63) is 93.5 Å². The fraction of sp³-hybridized carbons (Fsp3) is 0.375. The van der Waals surface area contributed by atoms with Gasteiger partial charge in [-0.2, -0.15) is 0 Å². The Balaban J connectivity index is 1.51. The molecule has 40 heavy (non-hydrogen) atoms. The number of rotatable bonds is 11. The Morgan fingerprint density at radius 2 is 1.65 bits per heavy atom. The molecule has 0 aromatic heterocycles. The zero-order valence-corrected chi connectivity index (χ0v) is 24.8. The Hall–Kier alpha value is -3.20. The van der Waals surface area contributed by atoms with Gasteiger partial charge in [0.25, 0.3) is 6.41 Å². The number of aryl methyl sites for hydroxylation is 3. The summed E-state index contributed by atoms with van der Waals surface area (Å²) in [4.78, 5) is 27.0. The highest BCUT2D eigenvalue weighted by Crippen LogP contribution is 2.34. The van der Waals surface area contributed by atoms with Crippen LogP contribution in [0.4, 0.5) is 0 Å². The van der Waals surface area contributed by atoms with E-state index in [1.807, 2.05) is 73.3 Å². The predicted molar refractivity (Wildman–Crippen MR) is 157 cm³/mol. The van der Waals surface area contributed by atoms with Crippen molar-refractivity contribution in [3.8, 4) is 11.5 Å². The molecule has 0 radical (unpaired) electrons. The minimum atomic E-state index is -1.34. The summed E-state index contributed by atoms with van der Waals surface area (Å²) in [6.07, 6.45) is 0.301. The minimum Gasteiger partial charge on any atom is -0.478 e. The lowest BCUT2D eigenvalue weighted by molar-refractivity contribution is -0.152. The molecule has 1 saturated heterocycles. The van der Waals surface area contributed by atoms with Gasteiger partial charge in [-0.25, -0.2) is 9.69 Å². The zero-order valence-electron chi connectivity index (χ0n) is 23.3. The molecule has 1 aliphatic rings. The lowest BCUT2D eigenvalue weighted by Gasteiger charge is -2.25. The summed E-state index contributed by atoms with van der Waals surface area (Å²) < 4.78 is 12.5. The van der Waals surface area contributed by atoms with Gasteiger partial charge in [-0.05, 0) is 87.4 Å². The first-order chi connectivity index (χ1) is 18.9. The summed E-state index contributed by atoms with van der Waals surface area (Å²) in [6.45, 7) is 7.81. The highest BCUT2D eigenvalue weighted by atomic mass is 79.9. The molecule has 8 heteroatoms. The number of benzene rings is 3. The maximum Gasteiger partial charge on any atom is 0.347 e. The average molecular weight is 611 g/mol. The van der Waals surface area contributed by atoms with Crippen LogP contribution in [0, 0.1) is 25.7 Å². The number of carbonyl (C=O) groups is 2. The van der Waals surface area contributed by atoms with Crippen LogP contribution in [-0.2, 0) is 11.2 Å². The van der Waals surface area contributed by atoms with Gasteiger partial charge in [0.15, 0.2) is 11.4 Å². The third-order valence-corrected chi connectivity index (χ3v) is 7.96. The van der Waals surface area contributed by atoms with Gasteiger partial charge in [-0.1, -0.05) is 58.4 Å². The van der Waals surface area contributed by atoms with Gasteiger partial charge in [0.05, 0.1) is 0 Å². The lowest BCUT2D eigenvalue weighted by atomic mass is 9.84. The van der Waals surface area contributed by atoms with Crippen LogP contribution in [0.25, 0.3) is 0 Å². The van der Waals surface area contributed by atoms with E-state index in [4.69, 9.17) is 9.47 Å². The van der Waals surface area contributed by atoms with Gasteiger partial charge in [0.1, 0.15) is 11.5 Å². The number of Topliss-reactive ketones (excluding diaryl/α,β-unsaturated/α-hetero) is 1. The van der Waals surface area contributed by atoms with Gasteiger partial charge in [-0.3, -0.25) is 4.79 Å². The number of ketones is 1. The molecule has 1 fully saturated rings. The summed E-state index contributed by atoms with van der Waals surface area (Å²) in [7, 11) is 0. The number of halogens is 1. The standard InChI is InChI=1S/C32H36BrNO6/c1-20-16-22(17-21(2)29(20)40-32(3,4)30(36)37)10-11-24-18-34(31(38)39-26-8-6-5-7-9-26)19-27(24)28(35)23-12-14-25(33)15-13-23/h5-9,12-17,24,27,31,38H,10-11,18-19H2,1-4H3,(H,36,37)/t24-,27-,31?/m1/s1. The third kappa shape index (κ3) is 7.11. The predicted octanol–water partition coefficient (Wildman–Crippen LogP) is 6.03. The molecule has 0 spiro atoms. The number of ether oxygens (including phenoxy) is 2. The molecule has 3 aromatic rings. The highest BCUT2D eigenvalue weighted by Gasteiger charge is 2.40. The van der Waals surface area contributed by atoms with E-state index in [0.29, 0.717) is 30.2 Å². The number of nitrogens with zero attached hydrogens (tertiary/aromatic N) is 1. The second-order valence-corrected chi connectivity index (χ2v) is 11.9. The third-order valence-electron chi connectivity index (χ3n) is 7.43. The topological polar surface area (TPSA) is 96.3 Å². The Labute approximate surface area is 243 Å². The maximum atomic E-state index is 13.6. The van der Waals surface area contributed by atoms with Crippen LogP contribution >= 0.6 is 15.9 Å². The molecule has 212 valence electrons. The maximum absolute atomic E-state index is 13.6. The summed E-state index contributed by atoms with van der Waals surface area (Å²) in [5.41, 5.74) is 2.13. The molecule has 3 aromatic carbocycles. The van der Waals surface area contributed by atoms with Gasteiger partial charge in [0, 0.05) is 29.0 Å². The van der Waals surface area contributed by atoms with Crippen molar-refractivity contribution in [3.63, 3.8) is 0 Å². The molecule has 1 aliphatic heterocycles. The molecule has 0 aliphatic carbocycles. The molecular weight excluding hydrogens is 574 g/mol. The smallest absolute Gasteiger partial charge is 0.347 e. The first-order valence-corrected chi connectivity index (χ1v) is 14.2. The molecule has 0 amide bonds. The zero-order chi connectivity index (χ0) is 29.0. The number of hydrogen-bond acceptors (Lipinski definition) is 6. The van der Waals surface area contributed by atoms with Crippen LogP contribution < -0.4 is 9.47 Å². The van der Waals surface area contributed by atoms with E-state index in [9.17, 15) is 19.8 Å². The van der Waals surface area contributed by atoms with Crippen molar-refractivity contribution in [2.45, 2.75) is 52.6 Å². The van der Waals surface area contributed by atoms with E-state index in [1.165, 1.54) is 13.8 Å². The quantitative estimate of drug-likeness (QED) is 0.202. The van der Waals surface area contributed by atoms with E-state index < -0.39 is 18.0 Å². The molecule has 7 nitrogen and oxygen atoms in total. The number of likely N-dealkylation sites (tertiary alicyclic amines) is 1. The van der Waals surface area contributed by atoms with Crippen molar-refractivity contribution >= 4 is 27.7 Å². The van der Waals surface area contributed by atoms with Crippen LogP contribution in [0.15, 0.2) is 71.2 Å². The fourth-order valence-electron chi connectivity index (χ4n) is 5.19. The van der Waals surface area contributed by atoms with Crippen molar-refractivity contribution in [2.24, 2.45) is 11.8 Å². The van der Waals surface area contributed by atoms with Crippen LogP contribution in [0.1, 0.15) is 47.3 Å². The minimum absolute atomic E-state index is 0.00709. The number of aliphatic hydroxyl groups excluding tert-OH is 1. The van der Waals surface area contributed by atoms with E-state index in [1.54, 1.807) is 12.1 Å². The molecule has 2 N–H and O–H groups in total. The largest absolute Gasteiger partial charge is 0.478 e. The number of carbonyl (C=O) groups excluding carboxylic acids is 1. The fourth-order valence-corrected chi connectivity index (χ4v) is 5.46. The summed E-state index contributed by atoms with van der Waals surface area (Å²) in [6, 6.07) is 20.6. The second kappa shape index (κ2) is 12.5. The Morgan fingerprint density at radius 3 is 2.25 bits per heavy atom. The number of para-hydroxylation sites is 1. The average Bonchev–Trinajstić information content (AvgIpc) is 3.34. The molecule has 1 heterocycles. The normalized spacial score (nSPS) is 18.4. The van der Waals surface area contributed by atoms with Gasteiger partial charge in [-0.15, -0.1) is 0 Å². The number of hydrogen-bond donors (Lipinski definition) is 2. The van der Waals surface area contributed by atoms with Crippen molar-refractivity contribution < 1.29 is 29.3 Å².